The van der Waals surface area contributed by atoms with Crippen LogP contribution in [0.15, 0.2) is 30.3 Å². The van der Waals surface area contributed by atoms with E-state index in [1.165, 1.54) is 6.92 Å². The fourth-order valence-corrected chi connectivity index (χ4v) is 2.80. The van der Waals surface area contributed by atoms with Gasteiger partial charge in [-0.1, -0.05) is 37.3 Å². The van der Waals surface area contributed by atoms with Crippen LogP contribution in [0.2, 0.25) is 0 Å². The lowest BCUT2D eigenvalue weighted by atomic mass is 9.80. The maximum absolute atomic E-state index is 11.7. The predicted octanol–water partition coefficient (Wildman–Crippen LogP) is 2.69. The summed E-state index contributed by atoms with van der Waals surface area (Å²) in [4.78, 5) is 22.6. The van der Waals surface area contributed by atoms with E-state index in [2.05, 4.69) is 5.32 Å². The van der Waals surface area contributed by atoms with Gasteiger partial charge in [0.1, 0.15) is 5.60 Å². The topological polar surface area (TPSA) is 64.6 Å². The summed E-state index contributed by atoms with van der Waals surface area (Å²) in [6.07, 6.45) is 0.972. The first kappa shape index (κ1) is 16.3. The van der Waals surface area contributed by atoms with Gasteiger partial charge in [-0.2, -0.15) is 0 Å². The molecule has 0 unspecified atom stereocenters. The Kier molecular flexibility index (Phi) is 5.06. The number of esters is 1. The van der Waals surface area contributed by atoms with Gasteiger partial charge in [-0.3, -0.25) is 4.79 Å². The Morgan fingerprint density at radius 1 is 1.41 bits per heavy atom. The molecule has 5 nitrogen and oxygen atoms in total. The van der Waals surface area contributed by atoms with E-state index in [1.54, 1.807) is 0 Å². The number of alkyl carbamates (subject to hydrolysis) is 1. The number of amides is 1. The normalized spacial score (nSPS) is 25.2. The van der Waals surface area contributed by atoms with Crippen LogP contribution >= 0.6 is 0 Å². The van der Waals surface area contributed by atoms with Crippen LogP contribution in [0.3, 0.4) is 0 Å². The highest BCUT2D eigenvalue weighted by molar-refractivity contribution is 5.71. The highest BCUT2D eigenvalue weighted by atomic mass is 16.6. The van der Waals surface area contributed by atoms with E-state index in [0.29, 0.717) is 19.4 Å². The zero-order valence-electron chi connectivity index (χ0n) is 13.3. The van der Waals surface area contributed by atoms with Crippen LogP contribution in [0.5, 0.6) is 0 Å². The molecule has 1 aromatic rings. The molecule has 3 atom stereocenters. The van der Waals surface area contributed by atoms with Gasteiger partial charge in [0.05, 0.1) is 12.6 Å². The third-order valence-corrected chi connectivity index (χ3v) is 4.41. The van der Waals surface area contributed by atoms with Crippen molar-refractivity contribution in [1.29, 1.82) is 0 Å². The van der Waals surface area contributed by atoms with Crippen LogP contribution in [0.25, 0.3) is 0 Å². The Labute approximate surface area is 131 Å². The van der Waals surface area contributed by atoms with Gasteiger partial charge in [0.2, 0.25) is 0 Å². The summed E-state index contributed by atoms with van der Waals surface area (Å²) in [5.41, 5.74) is 0.532. The van der Waals surface area contributed by atoms with Gasteiger partial charge in [-0.25, -0.2) is 4.79 Å². The molecule has 1 amide bonds. The summed E-state index contributed by atoms with van der Waals surface area (Å²) in [7, 11) is 0. The number of cyclic esters (lactones) is 1. The Morgan fingerprint density at radius 2 is 2.09 bits per heavy atom. The van der Waals surface area contributed by atoms with Crippen molar-refractivity contribution in [3.8, 4) is 0 Å². The first-order valence-electron chi connectivity index (χ1n) is 7.58. The van der Waals surface area contributed by atoms with E-state index in [9.17, 15) is 9.59 Å². The van der Waals surface area contributed by atoms with E-state index < -0.39 is 5.60 Å². The third kappa shape index (κ3) is 3.78. The maximum Gasteiger partial charge on any atom is 0.408 e. The van der Waals surface area contributed by atoms with E-state index in [4.69, 9.17) is 9.47 Å². The van der Waals surface area contributed by atoms with Crippen LogP contribution in [-0.2, 0) is 20.7 Å². The zero-order valence-corrected chi connectivity index (χ0v) is 13.3. The molecule has 2 rings (SSSR count). The van der Waals surface area contributed by atoms with Crippen LogP contribution < -0.4 is 5.32 Å². The number of rotatable bonds is 6. The first-order chi connectivity index (χ1) is 10.4. The Bertz CT molecular complexity index is 531. The van der Waals surface area contributed by atoms with Crippen molar-refractivity contribution in [3.05, 3.63) is 35.9 Å². The molecule has 0 spiro atoms. The molecule has 5 heteroatoms. The number of hydrogen-bond donors (Lipinski definition) is 1. The number of carbonyl (C=O) groups excluding carboxylic acids is 2. The molecule has 1 aliphatic heterocycles. The molecule has 0 bridgehead atoms. The van der Waals surface area contributed by atoms with Gasteiger partial charge < -0.3 is 14.8 Å². The Balaban J connectivity index is 2.04. The summed E-state index contributed by atoms with van der Waals surface area (Å²) in [6, 6.07) is 9.90. The highest BCUT2D eigenvalue weighted by Gasteiger charge is 2.48. The van der Waals surface area contributed by atoms with Crippen molar-refractivity contribution in [2.45, 2.75) is 45.3 Å². The molecule has 120 valence electrons. The average molecular weight is 305 g/mol. The molecule has 1 N–H and O–H groups in total. The number of nitrogens with one attached hydrogen (secondary N) is 1. The third-order valence-electron chi connectivity index (χ3n) is 4.41. The molecule has 0 radical (unpaired) electrons. The van der Waals surface area contributed by atoms with E-state index >= 15 is 0 Å². The monoisotopic (exact) mass is 305 g/mol. The number of ether oxygens (including phenoxy) is 2. The molecule has 1 fully saturated rings. The van der Waals surface area contributed by atoms with Crippen molar-refractivity contribution in [2.75, 3.05) is 6.61 Å². The van der Waals surface area contributed by atoms with Crippen molar-refractivity contribution in [1.82, 2.24) is 5.32 Å². The van der Waals surface area contributed by atoms with Gasteiger partial charge >= 0.3 is 12.1 Å². The fourth-order valence-electron chi connectivity index (χ4n) is 2.80. The van der Waals surface area contributed by atoms with Crippen LogP contribution in [0.1, 0.15) is 32.8 Å². The summed E-state index contributed by atoms with van der Waals surface area (Å²) >= 11 is 0. The molecule has 1 saturated heterocycles. The lowest BCUT2D eigenvalue weighted by Gasteiger charge is -2.34. The average Bonchev–Trinajstić information content (AvgIpc) is 2.75. The van der Waals surface area contributed by atoms with Gasteiger partial charge in [-0.15, -0.1) is 0 Å². The van der Waals surface area contributed by atoms with Gasteiger partial charge in [0.25, 0.3) is 0 Å². The van der Waals surface area contributed by atoms with Gasteiger partial charge in [0.15, 0.2) is 0 Å². The van der Waals surface area contributed by atoms with Crippen molar-refractivity contribution >= 4 is 12.1 Å². The first-order valence-corrected chi connectivity index (χ1v) is 7.58. The lowest BCUT2D eigenvalue weighted by molar-refractivity contribution is -0.141. The molecule has 0 saturated carbocycles. The van der Waals surface area contributed by atoms with Gasteiger partial charge in [0, 0.05) is 12.8 Å². The number of carbonyl (C=O) groups is 2. The minimum absolute atomic E-state index is 0.0690. The van der Waals surface area contributed by atoms with Crippen LogP contribution in [0.4, 0.5) is 4.79 Å². The van der Waals surface area contributed by atoms with Crippen LogP contribution in [-0.4, -0.2) is 30.3 Å². The summed E-state index contributed by atoms with van der Waals surface area (Å²) in [5.74, 6) is -0.223. The number of benzene rings is 1. The minimum atomic E-state index is -0.618. The van der Waals surface area contributed by atoms with Crippen molar-refractivity contribution in [2.24, 2.45) is 5.92 Å². The molecule has 0 aliphatic carbocycles. The Hall–Kier alpha value is -2.04. The van der Waals surface area contributed by atoms with Crippen LogP contribution in [0, 0.1) is 5.92 Å². The standard InChI is InChI=1S/C17H23NO4/c1-12(9-10-21-13(2)19)17(3)15(18-16(20)22-17)11-14-7-5-4-6-8-14/h4-8,12,15H,9-11H2,1-3H3,(H,18,20)/t12-,15-,17-/m1/s1. The van der Waals surface area contributed by atoms with E-state index in [0.717, 1.165) is 5.56 Å². The van der Waals surface area contributed by atoms with E-state index in [-0.39, 0.29) is 24.0 Å². The van der Waals surface area contributed by atoms with Crippen molar-refractivity contribution < 1.29 is 19.1 Å². The fraction of sp³-hybridized carbons (Fsp3) is 0.529. The molecular weight excluding hydrogens is 282 g/mol. The minimum Gasteiger partial charge on any atom is -0.466 e. The lowest BCUT2D eigenvalue weighted by Crippen LogP contribution is -2.47. The molecule has 1 heterocycles. The second kappa shape index (κ2) is 6.81. The number of hydrogen-bond acceptors (Lipinski definition) is 4. The molecule has 0 aromatic heterocycles. The smallest absolute Gasteiger partial charge is 0.408 e. The summed E-state index contributed by atoms with van der Waals surface area (Å²) < 4.78 is 10.6. The Morgan fingerprint density at radius 3 is 2.73 bits per heavy atom. The summed E-state index contributed by atoms with van der Waals surface area (Å²) in [6.45, 7) is 5.68. The quantitative estimate of drug-likeness (QED) is 0.821. The van der Waals surface area contributed by atoms with Gasteiger partial charge in [-0.05, 0) is 25.3 Å². The second-order valence-electron chi connectivity index (χ2n) is 5.99. The molecule has 1 aromatic carbocycles. The largest absolute Gasteiger partial charge is 0.466 e. The SMILES string of the molecule is CC(=O)OCC[C@@H](C)[C@@]1(C)OC(=O)N[C@@H]1Cc1ccccc1. The predicted molar refractivity (Wildman–Crippen MR) is 82.4 cm³/mol. The van der Waals surface area contributed by atoms with Crippen molar-refractivity contribution in [3.63, 3.8) is 0 Å². The van der Waals surface area contributed by atoms with E-state index in [1.807, 2.05) is 44.2 Å². The molecule has 22 heavy (non-hydrogen) atoms. The molecule has 1 aliphatic rings. The second-order valence-corrected chi connectivity index (χ2v) is 5.99. The molecular formula is C17H23NO4. The maximum atomic E-state index is 11.7. The summed E-state index contributed by atoms with van der Waals surface area (Å²) in [5, 5.41) is 2.90. The zero-order chi connectivity index (χ0) is 16.2. The highest BCUT2D eigenvalue weighted by Crippen LogP contribution is 2.34.